The minimum Gasteiger partial charge on any atom is -0.429 e. The molecule has 1 aromatic rings. The summed E-state index contributed by atoms with van der Waals surface area (Å²) >= 11 is 0. The van der Waals surface area contributed by atoms with Crippen molar-refractivity contribution in [3.63, 3.8) is 0 Å². The number of halogens is 2. The first-order valence-electron chi connectivity index (χ1n) is 9.67. The zero-order chi connectivity index (χ0) is 19.9. The Hall–Kier alpha value is -1.94. The van der Waals surface area contributed by atoms with Crippen LogP contribution in [0.2, 0.25) is 0 Å². The lowest BCUT2D eigenvalue weighted by Gasteiger charge is -2.29. The minimum atomic E-state index is -3.28. The van der Waals surface area contributed by atoms with Crippen LogP contribution in [0.3, 0.4) is 0 Å². The largest absolute Gasteiger partial charge is 0.429 e. The lowest BCUT2D eigenvalue weighted by molar-refractivity contribution is -0.131. The molecule has 0 aliphatic carbocycles. The topological polar surface area (TPSA) is 12.5 Å². The Morgan fingerprint density at radius 2 is 1.78 bits per heavy atom. The molecule has 0 amide bonds. The van der Waals surface area contributed by atoms with Crippen molar-refractivity contribution in [1.29, 1.82) is 0 Å². The van der Waals surface area contributed by atoms with Crippen LogP contribution >= 0.6 is 0 Å². The maximum Gasteiger partial charge on any atom is 0.419 e. The lowest BCUT2D eigenvalue weighted by atomic mass is 9.99. The van der Waals surface area contributed by atoms with Crippen molar-refractivity contribution in [2.75, 3.05) is 19.6 Å². The molecule has 1 heterocycles. The van der Waals surface area contributed by atoms with Crippen molar-refractivity contribution in [2.45, 2.75) is 46.6 Å². The molecular weight excluding hydrogens is 344 g/mol. The molecule has 4 heteroatoms. The van der Waals surface area contributed by atoms with Gasteiger partial charge in [-0.05, 0) is 75.9 Å². The Morgan fingerprint density at radius 1 is 1.15 bits per heavy atom. The van der Waals surface area contributed by atoms with E-state index in [0.717, 1.165) is 24.1 Å². The highest BCUT2D eigenvalue weighted by atomic mass is 19.3. The van der Waals surface area contributed by atoms with Gasteiger partial charge >= 0.3 is 6.11 Å². The Kier molecular flexibility index (Phi) is 7.78. The predicted octanol–water partition coefficient (Wildman–Crippen LogP) is 6.32. The molecule has 1 fully saturated rings. The number of benzene rings is 1. The molecule has 0 bridgehead atoms. The molecule has 148 valence electrons. The van der Waals surface area contributed by atoms with Gasteiger partial charge in [-0.2, -0.15) is 8.78 Å². The van der Waals surface area contributed by atoms with Crippen LogP contribution in [0.1, 0.15) is 46.1 Å². The minimum absolute atomic E-state index is 0.152. The summed E-state index contributed by atoms with van der Waals surface area (Å²) in [5, 5.41) is 0. The highest BCUT2D eigenvalue weighted by Gasteiger charge is 2.26. The van der Waals surface area contributed by atoms with Crippen LogP contribution in [0.15, 0.2) is 53.6 Å². The van der Waals surface area contributed by atoms with E-state index in [9.17, 15) is 8.78 Å². The number of rotatable bonds is 7. The standard InChI is InChI=1S/C23H31F2NO/c1-5-13-23(24,25)27-22-8-6-21(7-9-22)17-20(4)19(3)12-16-26-14-10-18(2)11-15-26/h5-9,12-13,17-18H,10-11,14-16H2,1-4H3/b13-5+,19-12-,20-17-. The Bertz CT molecular complexity index is 681. The van der Waals surface area contributed by atoms with Crippen LogP contribution in [0.25, 0.3) is 6.08 Å². The van der Waals surface area contributed by atoms with Crippen molar-refractivity contribution in [3.8, 4) is 5.75 Å². The van der Waals surface area contributed by atoms with Gasteiger partial charge in [0, 0.05) is 12.6 Å². The summed E-state index contributed by atoms with van der Waals surface area (Å²) in [6, 6.07) is 6.74. The van der Waals surface area contributed by atoms with Gasteiger partial charge in [0.1, 0.15) is 5.75 Å². The van der Waals surface area contributed by atoms with E-state index >= 15 is 0 Å². The first-order valence-corrected chi connectivity index (χ1v) is 9.67. The number of alkyl halides is 2. The Morgan fingerprint density at radius 3 is 2.37 bits per heavy atom. The fourth-order valence-electron chi connectivity index (χ4n) is 3.05. The van der Waals surface area contributed by atoms with E-state index in [2.05, 4.69) is 37.8 Å². The predicted molar refractivity (Wildman–Crippen MR) is 109 cm³/mol. The highest BCUT2D eigenvalue weighted by molar-refractivity contribution is 5.58. The molecule has 1 aliphatic rings. The molecule has 0 spiro atoms. The van der Waals surface area contributed by atoms with Gasteiger partial charge in [-0.3, -0.25) is 4.90 Å². The monoisotopic (exact) mass is 375 g/mol. The SMILES string of the molecule is C/C=C/C(F)(F)Oc1ccc(/C=C(C)\C(C)=C/CN2CCC(C)CC2)cc1. The summed E-state index contributed by atoms with van der Waals surface area (Å²) in [4.78, 5) is 2.49. The highest BCUT2D eigenvalue weighted by Crippen LogP contribution is 2.24. The van der Waals surface area contributed by atoms with Gasteiger partial charge in [0.25, 0.3) is 0 Å². The molecule has 0 atom stereocenters. The Labute approximate surface area is 162 Å². The van der Waals surface area contributed by atoms with Crippen molar-refractivity contribution in [1.82, 2.24) is 4.90 Å². The zero-order valence-corrected chi connectivity index (χ0v) is 16.8. The van der Waals surface area contributed by atoms with Gasteiger partial charge in [0.05, 0.1) is 0 Å². The number of hydrogen-bond acceptors (Lipinski definition) is 2. The van der Waals surface area contributed by atoms with Crippen molar-refractivity contribution in [3.05, 3.63) is 59.2 Å². The van der Waals surface area contributed by atoms with Crippen LogP contribution in [-0.2, 0) is 0 Å². The number of hydrogen-bond donors (Lipinski definition) is 0. The van der Waals surface area contributed by atoms with Gasteiger partial charge in [0.2, 0.25) is 0 Å². The van der Waals surface area contributed by atoms with Crippen LogP contribution in [0.5, 0.6) is 5.75 Å². The number of ether oxygens (including phenoxy) is 1. The normalized spacial score (nSPS) is 18.3. The second kappa shape index (κ2) is 9.84. The van der Waals surface area contributed by atoms with Crippen LogP contribution in [-0.4, -0.2) is 30.6 Å². The van der Waals surface area contributed by atoms with Crippen LogP contribution in [0, 0.1) is 5.92 Å². The summed E-state index contributed by atoms with van der Waals surface area (Å²) < 4.78 is 31.6. The summed E-state index contributed by atoms with van der Waals surface area (Å²) in [5.74, 6) is 0.998. The number of likely N-dealkylation sites (tertiary alicyclic amines) is 1. The third-order valence-electron chi connectivity index (χ3n) is 5.03. The third-order valence-corrected chi connectivity index (χ3v) is 5.03. The smallest absolute Gasteiger partial charge is 0.419 e. The summed E-state index contributed by atoms with van der Waals surface area (Å²) in [6.45, 7) is 11.4. The van der Waals surface area contributed by atoms with Gasteiger partial charge in [-0.25, -0.2) is 0 Å². The quantitative estimate of drug-likeness (QED) is 0.409. The molecular formula is C23H31F2NO. The third kappa shape index (κ3) is 7.30. The zero-order valence-electron chi connectivity index (χ0n) is 16.8. The first kappa shape index (κ1) is 21.4. The maximum absolute atomic E-state index is 13.5. The molecule has 1 aromatic carbocycles. The lowest BCUT2D eigenvalue weighted by Crippen LogP contribution is -2.33. The summed E-state index contributed by atoms with van der Waals surface area (Å²) in [6.07, 6.45) is 5.64. The van der Waals surface area contributed by atoms with E-state index in [1.54, 1.807) is 24.3 Å². The van der Waals surface area contributed by atoms with E-state index in [0.29, 0.717) is 0 Å². The number of nitrogens with zero attached hydrogens (tertiary/aromatic N) is 1. The van der Waals surface area contributed by atoms with Crippen LogP contribution in [0.4, 0.5) is 8.78 Å². The second-order valence-corrected chi connectivity index (χ2v) is 7.43. The molecule has 27 heavy (non-hydrogen) atoms. The van der Waals surface area contributed by atoms with E-state index < -0.39 is 6.11 Å². The molecule has 1 saturated heterocycles. The molecule has 0 saturated carbocycles. The molecule has 0 N–H and O–H groups in total. The average molecular weight is 376 g/mol. The number of allylic oxidation sites excluding steroid dienone is 3. The first-order chi connectivity index (χ1) is 12.8. The maximum atomic E-state index is 13.5. The number of piperidine rings is 1. The molecule has 2 rings (SSSR count). The molecule has 0 radical (unpaired) electrons. The fraction of sp³-hybridized carbons (Fsp3) is 0.478. The van der Waals surface area contributed by atoms with E-state index in [-0.39, 0.29) is 5.75 Å². The van der Waals surface area contributed by atoms with E-state index in [4.69, 9.17) is 4.74 Å². The second-order valence-electron chi connectivity index (χ2n) is 7.43. The molecule has 0 aromatic heterocycles. The Balaban J connectivity index is 1.95. The van der Waals surface area contributed by atoms with Crippen molar-refractivity contribution in [2.24, 2.45) is 5.92 Å². The van der Waals surface area contributed by atoms with Gasteiger partial charge < -0.3 is 4.74 Å². The van der Waals surface area contributed by atoms with E-state index in [1.165, 1.54) is 50.1 Å². The van der Waals surface area contributed by atoms with Crippen molar-refractivity contribution >= 4 is 6.08 Å². The molecule has 2 nitrogen and oxygen atoms in total. The van der Waals surface area contributed by atoms with Gasteiger partial charge in [-0.1, -0.05) is 42.9 Å². The summed E-state index contributed by atoms with van der Waals surface area (Å²) in [7, 11) is 0. The van der Waals surface area contributed by atoms with Crippen molar-refractivity contribution < 1.29 is 13.5 Å². The van der Waals surface area contributed by atoms with E-state index in [1.807, 2.05) is 0 Å². The van der Waals surface area contributed by atoms with Gasteiger partial charge in [-0.15, -0.1) is 0 Å². The fourth-order valence-corrected chi connectivity index (χ4v) is 3.05. The van der Waals surface area contributed by atoms with Crippen LogP contribution < -0.4 is 4.74 Å². The summed E-state index contributed by atoms with van der Waals surface area (Å²) in [5.41, 5.74) is 3.38. The molecule has 1 aliphatic heterocycles. The van der Waals surface area contributed by atoms with Gasteiger partial charge in [0.15, 0.2) is 0 Å². The average Bonchev–Trinajstić information content (AvgIpc) is 2.62. The molecule has 0 unspecified atom stereocenters.